The van der Waals surface area contributed by atoms with Gasteiger partial charge in [-0.2, -0.15) is 0 Å². The molecule has 0 aliphatic carbocycles. The Morgan fingerprint density at radius 3 is 2.64 bits per heavy atom. The van der Waals surface area contributed by atoms with Crippen molar-refractivity contribution in [3.05, 3.63) is 0 Å². The average Bonchev–Trinajstić information content (AvgIpc) is 2.53. The van der Waals surface area contributed by atoms with Crippen LogP contribution in [0.25, 0.3) is 0 Å². The van der Waals surface area contributed by atoms with Gasteiger partial charge in [0.05, 0.1) is 39.1 Å². The SMILES string of the molecule is CCCN(CC(=O)N1CCOCC1)C[C@@H]1COC[C@@H](O)[C@H]1O. The third-order valence-electron chi connectivity index (χ3n) is 4.25. The van der Waals surface area contributed by atoms with Gasteiger partial charge in [-0.25, -0.2) is 0 Å². The second-order valence-corrected chi connectivity index (χ2v) is 6.08. The molecule has 2 aliphatic rings. The first-order chi connectivity index (χ1) is 10.6. The molecule has 0 aromatic rings. The fourth-order valence-corrected chi connectivity index (χ4v) is 3.00. The summed E-state index contributed by atoms with van der Waals surface area (Å²) in [4.78, 5) is 16.2. The molecular formula is C15H28N2O5. The van der Waals surface area contributed by atoms with E-state index < -0.39 is 12.2 Å². The van der Waals surface area contributed by atoms with E-state index in [1.165, 1.54) is 0 Å². The molecule has 7 nitrogen and oxygen atoms in total. The highest BCUT2D eigenvalue weighted by Crippen LogP contribution is 2.17. The molecule has 2 saturated heterocycles. The lowest BCUT2D eigenvalue weighted by molar-refractivity contribution is -0.140. The van der Waals surface area contributed by atoms with E-state index in [0.29, 0.717) is 46.0 Å². The first-order valence-electron chi connectivity index (χ1n) is 8.13. The van der Waals surface area contributed by atoms with Gasteiger partial charge in [0, 0.05) is 25.6 Å². The Morgan fingerprint density at radius 2 is 1.95 bits per heavy atom. The monoisotopic (exact) mass is 316 g/mol. The number of carbonyl (C=O) groups is 1. The van der Waals surface area contributed by atoms with Crippen molar-refractivity contribution in [2.75, 3.05) is 59.2 Å². The van der Waals surface area contributed by atoms with E-state index in [1.54, 1.807) is 0 Å². The minimum absolute atomic E-state index is 0.100. The Balaban J connectivity index is 1.87. The van der Waals surface area contributed by atoms with Crippen LogP contribution >= 0.6 is 0 Å². The average molecular weight is 316 g/mol. The Labute approximate surface area is 131 Å². The van der Waals surface area contributed by atoms with Gasteiger partial charge in [0.1, 0.15) is 6.10 Å². The molecule has 0 spiro atoms. The van der Waals surface area contributed by atoms with E-state index in [0.717, 1.165) is 13.0 Å². The van der Waals surface area contributed by atoms with Crippen molar-refractivity contribution in [2.24, 2.45) is 5.92 Å². The molecule has 2 aliphatic heterocycles. The molecule has 2 fully saturated rings. The molecule has 0 aromatic heterocycles. The van der Waals surface area contributed by atoms with Gasteiger partial charge in [0.2, 0.25) is 5.91 Å². The topological polar surface area (TPSA) is 82.5 Å². The van der Waals surface area contributed by atoms with Crippen molar-refractivity contribution >= 4 is 5.91 Å². The van der Waals surface area contributed by atoms with Crippen molar-refractivity contribution in [3.63, 3.8) is 0 Å². The van der Waals surface area contributed by atoms with E-state index >= 15 is 0 Å². The molecule has 2 rings (SSSR count). The number of amides is 1. The minimum Gasteiger partial charge on any atom is -0.390 e. The molecule has 0 saturated carbocycles. The molecular weight excluding hydrogens is 288 g/mol. The second kappa shape index (κ2) is 8.79. The summed E-state index contributed by atoms with van der Waals surface area (Å²) in [5, 5.41) is 19.8. The predicted molar refractivity (Wildman–Crippen MR) is 80.5 cm³/mol. The smallest absolute Gasteiger partial charge is 0.236 e. The van der Waals surface area contributed by atoms with Crippen LogP contribution < -0.4 is 0 Å². The molecule has 0 aromatic carbocycles. The number of morpholine rings is 1. The summed E-state index contributed by atoms with van der Waals surface area (Å²) >= 11 is 0. The number of hydrogen-bond donors (Lipinski definition) is 2. The Morgan fingerprint density at radius 1 is 1.23 bits per heavy atom. The normalized spacial score (nSPS) is 29.8. The van der Waals surface area contributed by atoms with Crippen LogP contribution in [0.3, 0.4) is 0 Å². The first kappa shape index (κ1) is 17.6. The third kappa shape index (κ3) is 4.89. The molecule has 3 atom stereocenters. The number of aliphatic hydroxyl groups is 2. The van der Waals surface area contributed by atoms with Crippen LogP contribution in [0.4, 0.5) is 0 Å². The fourth-order valence-electron chi connectivity index (χ4n) is 3.00. The maximum Gasteiger partial charge on any atom is 0.236 e. The van der Waals surface area contributed by atoms with Gasteiger partial charge in [0.25, 0.3) is 0 Å². The predicted octanol–water partition coefficient (Wildman–Crippen LogP) is -1.07. The highest BCUT2D eigenvalue weighted by Gasteiger charge is 2.33. The summed E-state index contributed by atoms with van der Waals surface area (Å²) in [6, 6.07) is 0. The maximum absolute atomic E-state index is 12.4. The van der Waals surface area contributed by atoms with Crippen molar-refractivity contribution in [1.29, 1.82) is 0 Å². The van der Waals surface area contributed by atoms with Crippen LogP contribution in [0.5, 0.6) is 0 Å². The number of carbonyl (C=O) groups excluding carboxylic acids is 1. The van der Waals surface area contributed by atoms with Gasteiger partial charge in [-0.1, -0.05) is 6.92 Å². The number of hydrogen-bond acceptors (Lipinski definition) is 6. The van der Waals surface area contributed by atoms with E-state index in [4.69, 9.17) is 9.47 Å². The van der Waals surface area contributed by atoms with E-state index in [1.807, 2.05) is 9.80 Å². The van der Waals surface area contributed by atoms with E-state index in [-0.39, 0.29) is 18.4 Å². The summed E-state index contributed by atoms with van der Waals surface area (Å²) in [6.45, 7) is 6.84. The molecule has 0 bridgehead atoms. The van der Waals surface area contributed by atoms with Crippen LogP contribution in [-0.4, -0.2) is 97.3 Å². The fraction of sp³-hybridized carbons (Fsp3) is 0.933. The summed E-state index contributed by atoms with van der Waals surface area (Å²) in [5.41, 5.74) is 0. The zero-order chi connectivity index (χ0) is 15.9. The zero-order valence-corrected chi connectivity index (χ0v) is 13.3. The standard InChI is InChI=1S/C15H28N2O5/c1-2-3-16(8-12-10-22-11-13(18)15(12)20)9-14(19)17-4-6-21-7-5-17/h12-13,15,18,20H,2-11H2,1H3/t12-,13-,15+/m1/s1. The second-order valence-electron chi connectivity index (χ2n) is 6.08. The van der Waals surface area contributed by atoms with Crippen LogP contribution in [0.15, 0.2) is 0 Å². The van der Waals surface area contributed by atoms with Crippen LogP contribution in [0.1, 0.15) is 13.3 Å². The molecule has 1 amide bonds. The van der Waals surface area contributed by atoms with Gasteiger partial charge in [-0.15, -0.1) is 0 Å². The molecule has 2 heterocycles. The lowest BCUT2D eigenvalue weighted by atomic mass is 9.96. The van der Waals surface area contributed by atoms with Crippen LogP contribution in [0, 0.1) is 5.92 Å². The molecule has 2 N–H and O–H groups in total. The first-order valence-corrected chi connectivity index (χ1v) is 8.13. The molecule has 7 heteroatoms. The number of aliphatic hydroxyl groups excluding tert-OH is 2. The summed E-state index contributed by atoms with van der Waals surface area (Å²) in [6.07, 6.45) is -0.688. The van der Waals surface area contributed by atoms with Gasteiger partial charge >= 0.3 is 0 Å². The Hall–Kier alpha value is -0.730. The minimum atomic E-state index is -0.836. The molecule has 22 heavy (non-hydrogen) atoms. The zero-order valence-electron chi connectivity index (χ0n) is 13.3. The van der Waals surface area contributed by atoms with E-state index in [9.17, 15) is 15.0 Å². The van der Waals surface area contributed by atoms with Gasteiger partial charge in [-0.05, 0) is 13.0 Å². The van der Waals surface area contributed by atoms with Crippen molar-refractivity contribution < 1.29 is 24.5 Å². The number of ether oxygens (including phenoxy) is 2. The number of nitrogens with zero attached hydrogens (tertiary/aromatic N) is 2. The third-order valence-corrected chi connectivity index (χ3v) is 4.25. The van der Waals surface area contributed by atoms with Crippen molar-refractivity contribution in [2.45, 2.75) is 25.6 Å². The lowest BCUT2D eigenvalue weighted by Gasteiger charge is -2.36. The van der Waals surface area contributed by atoms with Crippen LogP contribution in [0.2, 0.25) is 0 Å². The quantitative estimate of drug-likeness (QED) is 0.649. The Kier molecular flexibility index (Phi) is 7.04. The van der Waals surface area contributed by atoms with Crippen LogP contribution in [-0.2, 0) is 14.3 Å². The van der Waals surface area contributed by atoms with Gasteiger partial charge < -0.3 is 24.6 Å². The van der Waals surface area contributed by atoms with E-state index in [2.05, 4.69) is 6.92 Å². The Bertz CT molecular complexity index is 349. The highest BCUT2D eigenvalue weighted by atomic mass is 16.5. The molecule has 128 valence electrons. The largest absolute Gasteiger partial charge is 0.390 e. The molecule has 0 unspecified atom stereocenters. The summed E-state index contributed by atoms with van der Waals surface area (Å²) in [5.74, 6) is -0.0590. The lowest BCUT2D eigenvalue weighted by Crippen LogP contribution is -2.51. The molecule has 0 radical (unpaired) electrons. The number of rotatable bonds is 6. The van der Waals surface area contributed by atoms with Gasteiger partial charge in [-0.3, -0.25) is 9.69 Å². The summed E-state index contributed by atoms with van der Waals surface area (Å²) < 4.78 is 10.6. The maximum atomic E-state index is 12.4. The highest BCUT2D eigenvalue weighted by molar-refractivity contribution is 5.78. The van der Waals surface area contributed by atoms with Gasteiger partial charge in [0.15, 0.2) is 0 Å². The van der Waals surface area contributed by atoms with Crippen molar-refractivity contribution in [1.82, 2.24) is 9.80 Å². The summed E-state index contributed by atoms with van der Waals surface area (Å²) in [7, 11) is 0. The van der Waals surface area contributed by atoms with Crippen molar-refractivity contribution in [3.8, 4) is 0 Å².